The Kier molecular flexibility index (Phi) is 6.51. The number of aromatic nitrogens is 1. The molecule has 19 heavy (non-hydrogen) atoms. The predicted octanol–water partition coefficient (Wildman–Crippen LogP) is 2.07. The van der Waals surface area contributed by atoms with Crippen LogP contribution in [-0.2, 0) is 9.47 Å². The molecule has 0 N–H and O–H groups in total. The summed E-state index contributed by atoms with van der Waals surface area (Å²) in [6.07, 6.45) is 0.300. The summed E-state index contributed by atoms with van der Waals surface area (Å²) < 4.78 is 66.1. The van der Waals surface area contributed by atoms with E-state index in [0.717, 1.165) is 0 Å². The number of ether oxygens (including phenoxy) is 3. The lowest BCUT2D eigenvalue weighted by Gasteiger charge is -2.09. The van der Waals surface area contributed by atoms with Gasteiger partial charge in [0.25, 0.3) is 11.9 Å². The molecule has 1 aromatic heterocycles. The molecule has 0 aliphatic rings. The van der Waals surface area contributed by atoms with Crippen molar-refractivity contribution < 1.29 is 31.8 Å². The molecule has 0 fully saturated rings. The minimum atomic E-state index is -1.75. The normalized spacial score (nSPS) is 10.8. The minimum absolute atomic E-state index is 0.149. The van der Waals surface area contributed by atoms with Gasteiger partial charge in [0.15, 0.2) is 5.75 Å². The molecule has 0 atom stereocenters. The van der Waals surface area contributed by atoms with E-state index in [-0.39, 0.29) is 13.2 Å². The number of pyridine rings is 1. The van der Waals surface area contributed by atoms with E-state index in [1.54, 1.807) is 0 Å². The zero-order chi connectivity index (χ0) is 14.3. The lowest BCUT2D eigenvalue weighted by molar-refractivity contribution is 0.0638. The fraction of sp³-hybridized carbons (Fsp3) is 0.545. The van der Waals surface area contributed by atoms with Crippen molar-refractivity contribution in [1.29, 1.82) is 0 Å². The zero-order valence-electron chi connectivity index (χ0n) is 10.2. The highest BCUT2D eigenvalue weighted by Crippen LogP contribution is 2.24. The highest BCUT2D eigenvalue weighted by molar-refractivity contribution is 5.24. The first kappa shape index (κ1) is 15.6. The smallest absolute Gasteiger partial charge is 0.255 e. The average Bonchev–Trinajstić information content (AvgIpc) is 2.39. The molecule has 8 heteroatoms. The Morgan fingerprint density at radius 2 is 1.53 bits per heavy atom. The van der Waals surface area contributed by atoms with Crippen LogP contribution in [0.4, 0.5) is 17.6 Å². The summed E-state index contributed by atoms with van der Waals surface area (Å²) in [4.78, 5) is 2.41. The van der Waals surface area contributed by atoms with Gasteiger partial charge in [0.2, 0.25) is 11.6 Å². The second-order valence-corrected chi connectivity index (χ2v) is 3.46. The van der Waals surface area contributed by atoms with Crippen molar-refractivity contribution in [2.45, 2.75) is 6.42 Å². The molecule has 0 spiro atoms. The summed E-state index contributed by atoms with van der Waals surface area (Å²) in [5, 5.41) is 0. The van der Waals surface area contributed by atoms with Crippen LogP contribution >= 0.6 is 0 Å². The van der Waals surface area contributed by atoms with Crippen molar-refractivity contribution in [3.63, 3.8) is 0 Å². The molecule has 0 saturated carbocycles. The summed E-state index contributed by atoms with van der Waals surface area (Å²) in [6, 6.07) is 0. The van der Waals surface area contributed by atoms with Crippen LogP contribution < -0.4 is 4.74 Å². The first-order valence-corrected chi connectivity index (χ1v) is 5.47. The SMILES string of the molecule is COCCOCCCOc1c(F)c(F)nc(F)c1F. The number of halogens is 4. The van der Waals surface area contributed by atoms with Crippen LogP contribution in [0.15, 0.2) is 0 Å². The maximum Gasteiger partial charge on any atom is 0.255 e. The van der Waals surface area contributed by atoms with Crippen LogP contribution in [0.3, 0.4) is 0 Å². The summed E-state index contributed by atoms with van der Waals surface area (Å²) in [5.41, 5.74) is 0. The Bertz CT molecular complexity index is 391. The molecular formula is C11H13F4NO3. The molecule has 0 bridgehead atoms. The van der Waals surface area contributed by atoms with Crippen LogP contribution in [0.5, 0.6) is 5.75 Å². The van der Waals surface area contributed by atoms with E-state index < -0.39 is 29.3 Å². The van der Waals surface area contributed by atoms with Gasteiger partial charge in [-0.25, -0.2) is 0 Å². The quantitative estimate of drug-likeness (QED) is 0.416. The van der Waals surface area contributed by atoms with Gasteiger partial charge in [-0.3, -0.25) is 0 Å². The number of methoxy groups -OCH3 is 1. The van der Waals surface area contributed by atoms with E-state index >= 15 is 0 Å². The molecule has 1 heterocycles. The number of nitrogens with zero attached hydrogens (tertiary/aromatic N) is 1. The molecule has 0 unspecified atom stereocenters. The first-order chi connectivity index (χ1) is 9.07. The molecule has 4 nitrogen and oxygen atoms in total. The highest BCUT2D eigenvalue weighted by atomic mass is 19.2. The molecular weight excluding hydrogens is 270 g/mol. The maximum absolute atomic E-state index is 13.1. The van der Waals surface area contributed by atoms with Crippen LogP contribution in [0.25, 0.3) is 0 Å². The lowest BCUT2D eigenvalue weighted by atomic mass is 10.4. The molecule has 1 rings (SSSR count). The molecule has 0 amide bonds. The number of hydrogen-bond acceptors (Lipinski definition) is 4. The van der Waals surface area contributed by atoms with Gasteiger partial charge >= 0.3 is 0 Å². The van der Waals surface area contributed by atoms with Gasteiger partial charge in [0, 0.05) is 20.1 Å². The Balaban J connectivity index is 2.41. The second-order valence-electron chi connectivity index (χ2n) is 3.46. The third-order valence-corrected chi connectivity index (χ3v) is 2.07. The molecule has 1 aromatic rings. The Morgan fingerprint density at radius 1 is 0.895 bits per heavy atom. The number of rotatable bonds is 8. The van der Waals surface area contributed by atoms with Crippen molar-refractivity contribution in [2.24, 2.45) is 0 Å². The van der Waals surface area contributed by atoms with Gasteiger partial charge in [-0.1, -0.05) is 0 Å². The Morgan fingerprint density at radius 3 is 2.11 bits per heavy atom. The van der Waals surface area contributed by atoms with Crippen LogP contribution in [-0.4, -0.2) is 38.5 Å². The fourth-order valence-electron chi connectivity index (χ4n) is 1.17. The first-order valence-electron chi connectivity index (χ1n) is 5.47. The van der Waals surface area contributed by atoms with Crippen molar-refractivity contribution in [3.05, 3.63) is 23.5 Å². The van der Waals surface area contributed by atoms with Gasteiger partial charge < -0.3 is 14.2 Å². The Hall–Kier alpha value is -1.41. The molecule has 0 saturated heterocycles. The molecule has 108 valence electrons. The van der Waals surface area contributed by atoms with Gasteiger partial charge in [-0.05, 0) is 0 Å². The molecule has 0 aliphatic carbocycles. The largest absolute Gasteiger partial charge is 0.487 e. The summed E-state index contributed by atoms with van der Waals surface area (Å²) in [6.45, 7) is 0.912. The topological polar surface area (TPSA) is 40.6 Å². The summed E-state index contributed by atoms with van der Waals surface area (Å²) in [7, 11) is 1.52. The Labute approximate surface area is 107 Å². The van der Waals surface area contributed by atoms with Crippen molar-refractivity contribution in [1.82, 2.24) is 4.98 Å². The summed E-state index contributed by atoms with van der Waals surface area (Å²) >= 11 is 0. The van der Waals surface area contributed by atoms with Crippen LogP contribution in [0.1, 0.15) is 6.42 Å². The monoisotopic (exact) mass is 283 g/mol. The van der Waals surface area contributed by atoms with Gasteiger partial charge in [-0.2, -0.15) is 22.5 Å². The minimum Gasteiger partial charge on any atom is -0.487 e. The third-order valence-electron chi connectivity index (χ3n) is 2.07. The van der Waals surface area contributed by atoms with Gasteiger partial charge in [0.1, 0.15) is 0 Å². The van der Waals surface area contributed by atoms with Crippen molar-refractivity contribution in [3.8, 4) is 5.75 Å². The van der Waals surface area contributed by atoms with Crippen LogP contribution in [0.2, 0.25) is 0 Å². The number of hydrogen-bond donors (Lipinski definition) is 0. The van der Waals surface area contributed by atoms with E-state index in [0.29, 0.717) is 19.6 Å². The highest BCUT2D eigenvalue weighted by Gasteiger charge is 2.21. The van der Waals surface area contributed by atoms with Crippen molar-refractivity contribution >= 4 is 0 Å². The molecule has 0 aliphatic heterocycles. The van der Waals surface area contributed by atoms with E-state index in [9.17, 15) is 17.6 Å². The van der Waals surface area contributed by atoms with Gasteiger partial charge in [-0.15, -0.1) is 0 Å². The molecule has 0 radical (unpaired) electrons. The zero-order valence-corrected chi connectivity index (χ0v) is 10.2. The van der Waals surface area contributed by atoms with E-state index in [2.05, 4.69) is 9.72 Å². The van der Waals surface area contributed by atoms with Crippen LogP contribution in [0, 0.1) is 23.5 Å². The van der Waals surface area contributed by atoms with Crippen molar-refractivity contribution in [2.75, 3.05) is 33.5 Å². The average molecular weight is 283 g/mol. The van der Waals surface area contributed by atoms with E-state index in [4.69, 9.17) is 9.47 Å². The maximum atomic E-state index is 13.1. The predicted molar refractivity (Wildman–Crippen MR) is 56.9 cm³/mol. The fourth-order valence-corrected chi connectivity index (χ4v) is 1.17. The lowest BCUT2D eigenvalue weighted by Crippen LogP contribution is -2.10. The van der Waals surface area contributed by atoms with E-state index in [1.807, 2.05) is 0 Å². The van der Waals surface area contributed by atoms with Gasteiger partial charge in [0.05, 0.1) is 19.8 Å². The second kappa shape index (κ2) is 7.90. The summed E-state index contributed by atoms with van der Waals surface area (Å²) in [5.74, 6) is -7.91. The third kappa shape index (κ3) is 4.64. The van der Waals surface area contributed by atoms with E-state index in [1.165, 1.54) is 7.11 Å². The standard InChI is InChI=1S/C11H13F4NO3/c1-17-5-6-18-3-2-4-19-9-7(12)10(14)16-11(15)8(9)13/h2-6H2,1H3. The molecule has 0 aromatic carbocycles.